The third kappa shape index (κ3) is 4.15. The summed E-state index contributed by atoms with van der Waals surface area (Å²) in [5.41, 5.74) is 0.603. The summed E-state index contributed by atoms with van der Waals surface area (Å²) in [6, 6.07) is 14.3. The Morgan fingerprint density at radius 2 is 1.95 bits per heavy atom. The molecule has 0 spiro atoms. The maximum atomic E-state index is 12.3. The molecule has 1 atom stereocenters. The van der Waals surface area contributed by atoms with Crippen molar-refractivity contribution in [2.24, 2.45) is 0 Å². The molecular weight excluding hydrogens is 302 g/mol. The number of anilines is 1. The first-order valence-corrected chi connectivity index (χ1v) is 7.38. The number of hydrogen-bond acceptors (Lipinski definition) is 3. The van der Waals surface area contributed by atoms with Crippen LogP contribution in [0.3, 0.4) is 0 Å². The van der Waals surface area contributed by atoms with Crippen LogP contribution in [0, 0.1) is 0 Å². The van der Waals surface area contributed by atoms with Crippen LogP contribution in [0.2, 0.25) is 5.02 Å². The van der Waals surface area contributed by atoms with Crippen LogP contribution < -0.4 is 14.8 Å². The zero-order chi connectivity index (χ0) is 15.9. The molecular formula is C17H18ClNO3. The van der Waals surface area contributed by atoms with Crippen LogP contribution in [0.15, 0.2) is 48.5 Å². The van der Waals surface area contributed by atoms with E-state index in [0.717, 1.165) is 0 Å². The SMILES string of the molecule is CC[C@@H](Oc1ccccc1)C(=O)Nc1ccc(OC)c(Cl)c1. The van der Waals surface area contributed by atoms with Crippen molar-refractivity contribution in [3.63, 3.8) is 0 Å². The molecule has 1 N–H and O–H groups in total. The number of benzene rings is 2. The second-order valence-electron chi connectivity index (χ2n) is 4.67. The zero-order valence-electron chi connectivity index (χ0n) is 12.5. The van der Waals surface area contributed by atoms with Gasteiger partial charge >= 0.3 is 0 Å². The maximum absolute atomic E-state index is 12.3. The Morgan fingerprint density at radius 1 is 1.23 bits per heavy atom. The van der Waals surface area contributed by atoms with Gasteiger partial charge in [-0.15, -0.1) is 0 Å². The third-order valence-corrected chi connectivity index (χ3v) is 3.40. The summed E-state index contributed by atoms with van der Waals surface area (Å²) in [4.78, 5) is 12.3. The van der Waals surface area contributed by atoms with Gasteiger partial charge in [0.1, 0.15) is 11.5 Å². The third-order valence-electron chi connectivity index (χ3n) is 3.10. The molecule has 0 aromatic heterocycles. The Labute approximate surface area is 135 Å². The highest BCUT2D eigenvalue weighted by atomic mass is 35.5. The van der Waals surface area contributed by atoms with Gasteiger partial charge in [-0.3, -0.25) is 4.79 Å². The van der Waals surface area contributed by atoms with Gasteiger partial charge in [-0.1, -0.05) is 36.7 Å². The Kier molecular flexibility index (Phi) is 5.67. The van der Waals surface area contributed by atoms with Gasteiger partial charge in [-0.2, -0.15) is 0 Å². The standard InChI is InChI=1S/C17H18ClNO3/c1-3-15(22-13-7-5-4-6-8-13)17(20)19-12-9-10-16(21-2)14(18)11-12/h4-11,15H,3H2,1-2H3,(H,19,20)/t15-/m1/s1. The molecule has 2 rings (SSSR count). The first-order chi connectivity index (χ1) is 10.6. The Balaban J connectivity index is 2.04. The van der Waals surface area contributed by atoms with Crippen LogP contribution in [0.1, 0.15) is 13.3 Å². The van der Waals surface area contributed by atoms with Gasteiger partial charge in [0, 0.05) is 5.69 Å². The lowest BCUT2D eigenvalue weighted by atomic mass is 10.2. The summed E-state index contributed by atoms with van der Waals surface area (Å²) in [5.74, 6) is 1.01. The van der Waals surface area contributed by atoms with Gasteiger partial charge in [0.25, 0.3) is 5.91 Å². The highest BCUT2D eigenvalue weighted by Gasteiger charge is 2.18. The quantitative estimate of drug-likeness (QED) is 0.870. The fraction of sp³-hybridized carbons (Fsp3) is 0.235. The number of methoxy groups -OCH3 is 1. The normalized spacial score (nSPS) is 11.6. The van der Waals surface area contributed by atoms with Crippen LogP contribution in [0.4, 0.5) is 5.69 Å². The average Bonchev–Trinajstić information content (AvgIpc) is 2.53. The lowest BCUT2D eigenvalue weighted by Gasteiger charge is -2.17. The average molecular weight is 320 g/mol. The highest BCUT2D eigenvalue weighted by Crippen LogP contribution is 2.27. The number of hydrogen-bond donors (Lipinski definition) is 1. The maximum Gasteiger partial charge on any atom is 0.265 e. The number of ether oxygens (including phenoxy) is 2. The summed E-state index contributed by atoms with van der Waals surface area (Å²) >= 11 is 6.05. The van der Waals surface area contributed by atoms with Gasteiger partial charge in [0.2, 0.25) is 0 Å². The van der Waals surface area contributed by atoms with Crippen LogP contribution in [0.5, 0.6) is 11.5 Å². The number of carbonyl (C=O) groups is 1. The fourth-order valence-corrected chi connectivity index (χ4v) is 2.21. The Hall–Kier alpha value is -2.20. The van der Waals surface area contributed by atoms with E-state index in [4.69, 9.17) is 21.1 Å². The van der Waals surface area contributed by atoms with E-state index in [1.165, 1.54) is 0 Å². The number of halogens is 1. The van der Waals surface area contributed by atoms with Crippen molar-refractivity contribution in [3.8, 4) is 11.5 Å². The smallest absolute Gasteiger partial charge is 0.265 e. The second-order valence-corrected chi connectivity index (χ2v) is 5.07. The molecule has 2 aromatic rings. The number of para-hydroxylation sites is 1. The summed E-state index contributed by atoms with van der Waals surface area (Å²) in [6.07, 6.45) is -0.00628. The van der Waals surface area contributed by atoms with Gasteiger partial charge < -0.3 is 14.8 Å². The monoisotopic (exact) mass is 319 g/mol. The van der Waals surface area contributed by atoms with E-state index in [-0.39, 0.29) is 5.91 Å². The number of amides is 1. The first kappa shape index (κ1) is 16.2. The molecule has 1 amide bonds. The van der Waals surface area contributed by atoms with Crippen LogP contribution in [0.25, 0.3) is 0 Å². The zero-order valence-corrected chi connectivity index (χ0v) is 13.3. The molecule has 0 radical (unpaired) electrons. The number of nitrogens with one attached hydrogen (secondary N) is 1. The molecule has 0 heterocycles. The summed E-state index contributed by atoms with van der Waals surface area (Å²) in [6.45, 7) is 1.90. The van der Waals surface area contributed by atoms with E-state index in [1.807, 2.05) is 37.3 Å². The molecule has 0 saturated carbocycles. The van der Waals surface area contributed by atoms with Crippen LogP contribution >= 0.6 is 11.6 Å². The minimum absolute atomic E-state index is 0.215. The van der Waals surface area contributed by atoms with E-state index < -0.39 is 6.10 Å². The van der Waals surface area contributed by atoms with Crippen molar-refractivity contribution in [1.29, 1.82) is 0 Å². The van der Waals surface area contributed by atoms with Crippen molar-refractivity contribution in [2.45, 2.75) is 19.4 Å². The lowest BCUT2D eigenvalue weighted by Crippen LogP contribution is -2.32. The molecule has 4 nitrogen and oxygen atoms in total. The Morgan fingerprint density at radius 3 is 2.55 bits per heavy atom. The van der Waals surface area contributed by atoms with Gasteiger partial charge in [0.05, 0.1) is 12.1 Å². The molecule has 0 unspecified atom stereocenters. The van der Waals surface area contributed by atoms with E-state index in [0.29, 0.717) is 28.6 Å². The molecule has 0 aliphatic rings. The molecule has 0 aliphatic carbocycles. The van der Waals surface area contributed by atoms with Crippen molar-refractivity contribution in [3.05, 3.63) is 53.6 Å². The van der Waals surface area contributed by atoms with Crippen LogP contribution in [-0.2, 0) is 4.79 Å². The molecule has 0 fully saturated rings. The minimum Gasteiger partial charge on any atom is -0.495 e. The second kappa shape index (κ2) is 7.71. The van der Waals surface area contributed by atoms with E-state index in [2.05, 4.69) is 5.32 Å². The first-order valence-electron chi connectivity index (χ1n) is 7.00. The predicted octanol–water partition coefficient (Wildman–Crippen LogP) is 4.14. The summed E-state index contributed by atoms with van der Waals surface area (Å²) in [5, 5.41) is 3.24. The molecule has 2 aromatic carbocycles. The van der Waals surface area contributed by atoms with Gasteiger partial charge in [0.15, 0.2) is 6.10 Å². The number of carbonyl (C=O) groups excluding carboxylic acids is 1. The summed E-state index contributed by atoms with van der Waals surface area (Å²) < 4.78 is 10.8. The number of rotatable bonds is 6. The van der Waals surface area contributed by atoms with Crippen molar-refractivity contribution < 1.29 is 14.3 Å². The topological polar surface area (TPSA) is 47.6 Å². The molecule has 5 heteroatoms. The van der Waals surface area contributed by atoms with E-state index >= 15 is 0 Å². The van der Waals surface area contributed by atoms with Gasteiger partial charge in [-0.25, -0.2) is 0 Å². The Bertz CT molecular complexity index is 631. The van der Waals surface area contributed by atoms with Crippen molar-refractivity contribution >= 4 is 23.2 Å². The molecule has 0 aliphatic heterocycles. The molecule has 0 saturated heterocycles. The van der Waals surface area contributed by atoms with Crippen molar-refractivity contribution in [2.75, 3.05) is 12.4 Å². The lowest BCUT2D eigenvalue weighted by molar-refractivity contribution is -0.122. The van der Waals surface area contributed by atoms with E-state index in [9.17, 15) is 4.79 Å². The predicted molar refractivity (Wildman–Crippen MR) is 87.8 cm³/mol. The van der Waals surface area contributed by atoms with Crippen LogP contribution in [-0.4, -0.2) is 19.1 Å². The largest absolute Gasteiger partial charge is 0.495 e. The van der Waals surface area contributed by atoms with Gasteiger partial charge in [-0.05, 0) is 36.8 Å². The van der Waals surface area contributed by atoms with Crippen molar-refractivity contribution in [1.82, 2.24) is 0 Å². The van der Waals surface area contributed by atoms with E-state index in [1.54, 1.807) is 25.3 Å². The molecule has 0 bridgehead atoms. The minimum atomic E-state index is -0.566. The fourth-order valence-electron chi connectivity index (χ4n) is 1.95. The molecule has 22 heavy (non-hydrogen) atoms. The summed E-state index contributed by atoms with van der Waals surface area (Å²) in [7, 11) is 1.54. The molecule has 116 valence electrons. The highest BCUT2D eigenvalue weighted by molar-refractivity contribution is 6.32.